The smallest absolute Gasteiger partial charge is 0.318 e. The summed E-state index contributed by atoms with van der Waals surface area (Å²) in [6.45, 7) is 1.26. The van der Waals surface area contributed by atoms with Crippen molar-refractivity contribution in [3.8, 4) is 0 Å². The first-order valence-corrected chi connectivity index (χ1v) is 5.57. The Bertz CT molecular complexity index is 455. The molecule has 2 aromatic rings. The molecule has 90 valence electrons. The first-order chi connectivity index (χ1) is 8.29. The summed E-state index contributed by atoms with van der Waals surface area (Å²) in [7, 11) is 1.92. The Labute approximate surface area is 100 Å². The van der Waals surface area contributed by atoms with Gasteiger partial charge in [0, 0.05) is 26.6 Å². The van der Waals surface area contributed by atoms with Gasteiger partial charge in [0.15, 0.2) is 0 Å². The largest absolute Gasteiger partial charge is 0.408 e. The van der Waals surface area contributed by atoms with E-state index in [1.165, 1.54) is 5.56 Å². The maximum Gasteiger partial charge on any atom is 0.318 e. The molecule has 0 aliphatic carbocycles. The van der Waals surface area contributed by atoms with Crippen molar-refractivity contribution < 1.29 is 4.42 Å². The second-order valence-corrected chi connectivity index (χ2v) is 3.86. The van der Waals surface area contributed by atoms with Crippen LogP contribution in [0.3, 0.4) is 0 Å². The van der Waals surface area contributed by atoms with Gasteiger partial charge in [0.05, 0.1) is 0 Å². The molecule has 0 saturated carbocycles. The highest BCUT2D eigenvalue weighted by Gasteiger charge is 2.10. The zero-order valence-corrected chi connectivity index (χ0v) is 9.84. The predicted octanol–water partition coefficient (Wildman–Crippen LogP) is 1.21. The van der Waals surface area contributed by atoms with Crippen molar-refractivity contribution in [1.29, 1.82) is 0 Å². The fourth-order valence-electron chi connectivity index (χ4n) is 1.55. The van der Waals surface area contributed by atoms with Crippen LogP contribution in [-0.2, 0) is 13.0 Å². The fraction of sp³-hybridized carbons (Fsp3) is 0.333. The van der Waals surface area contributed by atoms with Crippen LogP contribution in [0.1, 0.15) is 11.5 Å². The summed E-state index contributed by atoms with van der Waals surface area (Å²) in [5.41, 5.74) is 6.63. The van der Waals surface area contributed by atoms with Crippen molar-refractivity contribution in [3.63, 3.8) is 0 Å². The Balaban J connectivity index is 2.01. The average Bonchev–Trinajstić information content (AvgIpc) is 2.79. The van der Waals surface area contributed by atoms with E-state index in [1.54, 1.807) is 0 Å². The Morgan fingerprint density at radius 1 is 1.24 bits per heavy atom. The number of nitrogens with zero attached hydrogens (tertiary/aromatic N) is 3. The molecule has 1 heterocycles. The normalized spacial score (nSPS) is 10.5. The zero-order valence-electron chi connectivity index (χ0n) is 9.84. The molecule has 17 heavy (non-hydrogen) atoms. The number of nitrogens with two attached hydrogens (primary N) is 1. The first kappa shape index (κ1) is 11.6. The van der Waals surface area contributed by atoms with Crippen molar-refractivity contribution in [2.75, 3.05) is 18.5 Å². The average molecular weight is 232 g/mol. The van der Waals surface area contributed by atoms with Gasteiger partial charge in [0.25, 0.3) is 0 Å². The number of aromatic nitrogens is 2. The van der Waals surface area contributed by atoms with E-state index in [2.05, 4.69) is 22.3 Å². The Hall–Kier alpha value is -1.88. The lowest BCUT2D eigenvalue weighted by atomic mass is 10.2. The second-order valence-electron chi connectivity index (χ2n) is 3.86. The fourth-order valence-corrected chi connectivity index (χ4v) is 1.55. The van der Waals surface area contributed by atoms with Gasteiger partial charge in [-0.05, 0) is 5.56 Å². The third-order valence-corrected chi connectivity index (χ3v) is 2.40. The molecule has 5 heteroatoms. The summed E-state index contributed by atoms with van der Waals surface area (Å²) in [5.74, 6) is 0.586. The van der Waals surface area contributed by atoms with E-state index in [0.717, 1.165) is 6.54 Å². The second kappa shape index (κ2) is 5.45. The summed E-state index contributed by atoms with van der Waals surface area (Å²) >= 11 is 0. The lowest BCUT2D eigenvalue weighted by Gasteiger charge is -2.13. The molecule has 0 spiro atoms. The molecular formula is C12H16N4O. The van der Waals surface area contributed by atoms with Gasteiger partial charge in [0.2, 0.25) is 5.89 Å². The van der Waals surface area contributed by atoms with E-state index in [4.69, 9.17) is 10.2 Å². The predicted molar refractivity (Wildman–Crippen MR) is 65.6 cm³/mol. The highest BCUT2D eigenvalue weighted by molar-refractivity contribution is 5.26. The maximum atomic E-state index is 5.48. The molecule has 0 bridgehead atoms. The van der Waals surface area contributed by atoms with E-state index in [-0.39, 0.29) is 0 Å². The van der Waals surface area contributed by atoms with Crippen LogP contribution in [0, 0.1) is 0 Å². The number of hydrogen-bond donors (Lipinski definition) is 1. The van der Waals surface area contributed by atoms with Gasteiger partial charge in [-0.3, -0.25) is 0 Å². The third kappa shape index (κ3) is 3.04. The zero-order chi connectivity index (χ0) is 12.1. The highest BCUT2D eigenvalue weighted by atomic mass is 16.4. The van der Waals surface area contributed by atoms with Crippen LogP contribution in [0.5, 0.6) is 0 Å². The van der Waals surface area contributed by atoms with Crippen LogP contribution in [-0.4, -0.2) is 23.8 Å². The van der Waals surface area contributed by atoms with Crippen molar-refractivity contribution in [3.05, 3.63) is 41.8 Å². The first-order valence-electron chi connectivity index (χ1n) is 5.57. The molecule has 1 aromatic heterocycles. The van der Waals surface area contributed by atoms with Gasteiger partial charge < -0.3 is 15.1 Å². The minimum absolute atomic E-state index is 0.518. The Morgan fingerprint density at radius 3 is 2.71 bits per heavy atom. The maximum absolute atomic E-state index is 5.48. The van der Waals surface area contributed by atoms with Gasteiger partial charge in [-0.2, -0.15) is 0 Å². The molecule has 0 saturated heterocycles. The number of benzene rings is 1. The molecular weight excluding hydrogens is 216 g/mol. The molecule has 5 nitrogen and oxygen atoms in total. The molecule has 1 aromatic carbocycles. The molecule has 0 aliphatic heterocycles. The van der Waals surface area contributed by atoms with E-state index in [9.17, 15) is 0 Å². The molecule has 0 amide bonds. The molecule has 0 fully saturated rings. The molecule has 0 aliphatic rings. The standard InChI is InChI=1S/C12H16N4O/c1-16(9-10-5-3-2-4-6-10)12-15-14-11(17-12)7-8-13/h2-6H,7-9,13H2,1H3. The van der Waals surface area contributed by atoms with Crippen LogP contribution >= 0.6 is 0 Å². The van der Waals surface area contributed by atoms with Crippen molar-refractivity contribution in [2.45, 2.75) is 13.0 Å². The van der Waals surface area contributed by atoms with Gasteiger partial charge in [-0.15, -0.1) is 5.10 Å². The molecule has 0 unspecified atom stereocenters. The summed E-state index contributed by atoms with van der Waals surface area (Å²) in [4.78, 5) is 1.92. The minimum Gasteiger partial charge on any atom is -0.408 e. The van der Waals surface area contributed by atoms with Crippen LogP contribution in [0.2, 0.25) is 0 Å². The Kier molecular flexibility index (Phi) is 3.72. The van der Waals surface area contributed by atoms with Crippen LogP contribution in [0.25, 0.3) is 0 Å². The SMILES string of the molecule is CN(Cc1ccccc1)c1nnc(CCN)o1. The van der Waals surface area contributed by atoms with Crippen LogP contribution in [0.4, 0.5) is 6.01 Å². The summed E-state index contributed by atoms with van der Waals surface area (Å²) in [5, 5.41) is 7.91. The summed E-state index contributed by atoms with van der Waals surface area (Å²) in [6.07, 6.45) is 0.617. The van der Waals surface area contributed by atoms with E-state index >= 15 is 0 Å². The number of hydrogen-bond acceptors (Lipinski definition) is 5. The van der Waals surface area contributed by atoms with Gasteiger partial charge in [0.1, 0.15) is 0 Å². The quantitative estimate of drug-likeness (QED) is 0.839. The summed E-state index contributed by atoms with van der Waals surface area (Å²) in [6, 6.07) is 10.7. The van der Waals surface area contributed by atoms with Gasteiger partial charge in [-0.1, -0.05) is 35.4 Å². The number of anilines is 1. The van der Waals surface area contributed by atoms with E-state index in [0.29, 0.717) is 24.9 Å². The lowest BCUT2D eigenvalue weighted by molar-refractivity contribution is 0.489. The van der Waals surface area contributed by atoms with E-state index in [1.807, 2.05) is 30.1 Å². The van der Waals surface area contributed by atoms with E-state index < -0.39 is 0 Å². The van der Waals surface area contributed by atoms with Gasteiger partial charge in [-0.25, -0.2) is 0 Å². The third-order valence-electron chi connectivity index (χ3n) is 2.40. The van der Waals surface area contributed by atoms with Crippen LogP contribution in [0.15, 0.2) is 34.7 Å². The summed E-state index contributed by atoms with van der Waals surface area (Å²) < 4.78 is 5.48. The van der Waals surface area contributed by atoms with Crippen molar-refractivity contribution >= 4 is 6.01 Å². The monoisotopic (exact) mass is 232 g/mol. The van der Waals surface area contributed by atoms with Gasteiger partial charge >= 0.3 is 6.01 Å². The topological polar surface area (TPSA) is 68.2 Å². The molecule has 2 N–H and O–H groups in total. The van der Waals surface area contributed by atoms with Crippen molar-refractivity contribution in [1.82, 2.24) is 10.2 Å². The Morgan fingerprint density at radius 2 is 2.00 bits per heavy atom. The van der Waals surface area contributed by atoms with Crippen LogP contribution < -0.4 is 10.6 Å². The minimum atomic E-state index is 0.518. The highest BCUT2D eigenvalue weighted by Crippen LogP contribution is 2.13. The molecule has 0 atom stereocenters. The molecule has 0 radical (unpaired) electrons. The number of rotatable bonds is 5. The lowest BCUT2D eigenvalue weighted by Crippen LogP contribution is -2.16. The van der Waals surface area contributed by atoms with Crippen molar-refractivity contribution in [2.24, 2.45) is 5.73 Å². The molecule has 2 rings (SSSR count).